The maximum Gasteiger partial charge on any atom is 0.416 e. The molecule has 16 heavy (non-hydrogen) atoms. The average molecular weight is 231 g/mol. The molecule has 1 aliphatic rings. The number of β-amino-alcohol motifs (C(OH)–C–C–N with tert-alkyl or cyclic N) is 1. The number of nitrogens with one attached hydrogen (secondary N) is 1. The lowest BCUT2D eigenvalue weighted by molar-refractivity contribution is -0.138. The summed E-state index contributed by atoms with van der Waals surface area (Å²) >= 11 is 0. The van der Waals surface area contributed by atoms with Crippen molar-refractivity contribution in [2.75, 3.05) is 13.1 Å². The smallest absolute Gasteiger partial charge is 0.382 e. The van der Waals surface area contributed by atoms with Gasteiger partial charge in [-0.15, -0.1) is 0 Å². The topological polar surface area (TPSA) is 32.3 Å². The van der Waals surface area contributed by atoms with E-state index in [0.717, 1.165) is 6.07 Å². The molecule has 88 valence electrons. The van der Waals surface area contributed by atoms with E-state index in [1.807, 2.05) is 0 Å². The molecule has 1 saturated heterocycles. The lowest BCUT2D eigenvalue weighted by atomic mass is 9.86. The van der Waals surface area contributed by atoms with Crippen LogP contribution in [-0.4, -0.2) is 18.2 Å². The summed E-state index contributed by atoms with van der Waals surface area (Å²) in [5, 5.41) is 12.8. The Morgan fingerprint density at radius 1 is 1.31 bits per heavy atom. The first-order valence-corrected chi connectivity index (χ1v) is 4.94. The summed E-state index contributed by atoms with van der Waals surface area (Å²) in [5.74, 6) is 0. The molecule has 1 aromatic carbocycles. The molecule has 0 saturated carbocycles. The minimum Gasteiger partial charge on any atom is -0.382 e. The predicted molar refractivity (Wildman–Crippen MR) is 52.9 cm³/mol. The Hall–Kier alpha value is -1.07. The molecule has 0 aliphatic carbocycles. The minimum absolute atomic E-state index is 0.173. The lowest BCUT2D eigenvalue weighted by Gasteiger charge is -2.38. The normalized spacial score (nSPS) is 19.3. The van der Waals surface area contributed by atoms with Gasteiger partial charge in [0.15, 0.2) is 0 Å². The molecule has 0 unspecified atom stereocenters. The molecule has 0 amide bonds. The zero-order valence-corrected chi connectivity index (χ0v) is 8.73. The van der Waals surface area contributed by atoms with Gasteiger partial charge in [-0.2, -0.15) is 13.2 Å². The molecule has 1 aliphatic heterocycles. The second-order valence-electron chi connectivity index (χ2n) is 4.16. The Morgan fingerprint density at radius 3 is 2.38 bits per heavy atom. The number of halogens is 3. The molecule has 1 fully saturated rings. The number of rotatable bonds is 1. The molecule has 0 spiro atoms. The maximum absolute atomic E-state index is 12.6. The van der Waals surface area contributed by atoms with Gasteiger partial charge in [0.05, 0.1) is 5.56 Å². The number of benzene rings is 1. The van der Waals surface area contributed by atoms with Gasteiger partial charge in [0.25, 0.3) is 0 Å². The summed E-state index contributed by atoms with van der Waals surface area (Å²) in [6.07, 6.45) is -4.37. The summed E-state index contributed by atoms with van der Waals surface area (Å²) < 4.78 is 37.9. The zero-order valence-electron chi connectivity index (χ0n) is 8.73. The molecular weight excluding hydrogens is 219 g/mol. The fourth-order valence-electron chi connectivity index (χ4n) is 1.78. The van der Waals surface area contributed by atoms with Crippen LogP contribution in [0.25, 0.3) is 0 Å². The fraction of sp³-hybridized carbons (Fsp3) is 0.455. The van der Waals surface area contributed by atoms with Crippen LogP contribution in [0.3, 0.4) is 0 Å². The van der Waals surface area contributed by atoms with Crippen molar-refractivity contribution in [1.82, 2.24) is 5.32 Å². The van der Waals surface area contributed by atoms with Gasteiger partial charge in [-0.25, -0.2) is 0 Å². The first-order chi connectivity index (χ1) is 7.33. The zero-order chi connectivity index (χ0) is 12.0. The molecule has 0 bridgehead atoms. The van der Waals surface area contributed by atoms with E-state index in [-0.39, 0.29) is 5.56 Å². The van der Waals surface area contributed by atoms with Crippen LogP contribution < -0.4 is 5.32 Å². The van der Waals surface area contributed by atoms with Gasteiger partial charge in [-0.3, -0.25) is 0 Å². The highest BCUT2D eigenvalue weighted by atomic mass is 19.4. The van der Waals surface area contributed by atoms with Gasteiger partial charge in [-0.05, 0) is 24.1 Å². The van der Waals surface area contributed by atoms with Crippen molar-refractivity contribution in [2.24, 2.45) is 0 Å². The third kappa shape index (κ3) is 1.81. The molecule has 2 nitrogen and oxygen atoms in total. The van der Waals surface area contributed by atoms with Gasteiger partial charge in [0, 0.05) is 13.1 Å². The maximum atomic E-state index is 12.6. The van der Waals surface area contributed by atoms with Crippen LogP contribution in [0, 0.1) is 6.92 Å². The highest BCUT2D eigenvalue weighted by Crippen LogP contribution is 2.35. The number of hydrogen-bond acceptors (Lipinski definition) is 2. The summed E-state index contributed by atoms with van der Waals surface area (Å²) in [5.41, 5.74) is -1.32. The molecule has 0 radical (unpaired) electrons. The van der Waals surface area contributed by atoms with Crippen LogP contribution in [0.1, 0.15) is 16.7 Å². The van der Waals surface area contributed by atoms with Crippen LogP contribution in [-0.2, 0) is 11.8 Å². The Bertz CT molecular complexity index is 410. The van der Waals surface area contributed by atoms with Crippen molar-refractivity contribution in [3.05, 3.63) is 34.9 Å². The Balaban J connectivity index is 2.43. The van der Waals surface area contributed by atoms with Crippen LogP contribution in [0.5, 0.6) is 0 Å². The molecule has 2 rings (SSSR count). The fourth-order valence-corrected chi connectivity index (χ4v) is 1.78. The number of aryl methyl sites for hydroxylation is 1. The van der Waals surface area contributed by atoms with Gasteiger partial charge in [-0.1, -0.05) is 12.1 Å². The lowest BCUT2D eigenvalue weighted by Crippen LogP contribution is -2.56. The second-order valence-corrected chi connectivity index (χ2v) is 4.16. The second kappa shape index (κ2) is 3.46. The van der Waals surface area contributed by atoms with Crippen LogP contribution in [0.2, 0.25) is 0 Å². The van der Waals surface area contributed by atoms with Crippen molar-refractivity contribution >= 4 is 0 Å². The number of aliphatic hydroxyl groups is 1. The average Bonchev–Trinajstić information content (AvgIpc) is 2.13. The molecule has 0 atom stereocenters. The van der Waals surface area contributed by atoms with Crippen LogP contribution >= 0.6 is 0 Å². The Kier molecular flexibility index (Phi) is 2.47. The monoisotopic (exact) mass is 231 g/mol. The van der Waals surface area contributed by atoms with Crippen LogP contribution in [0.15, 0.2) is 18.2 Å². The van der Waals surface area contributed by atoms with Gasteiger partial charge in [0.1, 0.15) is 5.60 Å². The molecule has 0 aromatic heterocycles. The summed E-state index contributed by atoms with van der Waals surface area (Å²) in [6, 6.07) is 3.98. The van der Waals surface area contributed by atoms with Crippen molar-refractivity contribution in [1.29, 1.82) is 0 Å². The Morgan fingerprint density at radius 2 is 1.94 bits per heavy atom. The molecule has 1 aromatic rings. The summed E-state index contributed by atoms with van der Waals surface area (Å²) in [6.45, 7) is 2.01. The molecule has 1 heterocycles. The minimum atomic E-state index is -4.37. The largest absolute Gasteiger partial charge is 0.416 e. The van der Waals surface area contributed by atoms with Crippen LogP contribution in [0.4, 0.5) is 13.2 Å². The highest BCUT2D eigenvalue weighted by molar-refractivity contribution is 5.37. The first kappa shape index (κ1) is 11.4. The van der Waals surface area contributed by atoms with Gasteiger partial charge in [0.2, 0.25) is 0 Å². The van der Waals surface area contributed by atoms with E-state index in [2.05, 4.69) is 5.32 Å². The van der Waals surface area contributed by atoms with E-state index in [0.29, 0.717) is 18.7 Å². The molecule has 5 heteroatoms. The predicted octanol–water partition coefficient (Wildman–Crippen LogP) is 1.80. The van der Waals surface area contributed by atoms with Crippen molar-refractivity contribution in [2.45, 2.75) is 18.7 Å². The standard InChI is InChI=1S/C11H12F3NO/c1-7-2-3-8(10(16)5-15-6-10)4-9(7)11(12,13)14/h2-4,15-16H,5-6H2,1H3. The van der Waals surface area contributed by atoms with E-state index in [1.165, 1.54) is 13.0 Å². The van der Waals surface area contributed by atoms with E-state index in [9.17, 15) is 18.3 Å². The van der Waals surface area contributed by atoms with E-state index in [1.54, 1.807) is 6.07 Å². The first-order valence-electron chi connectivity index (χ1n) is 4.94. The highest BCUT2D eigenvalue weighted by Gasteiger charge is 2.39. The van der Waals surface area contributed by atoms with Gasteiger partial charge < -0.3 is 10.4 Å². The molecular formula is C11H12F3NO. The third-order valence-corrected chi connectivity index (χ3v) is 2.92. The van der Waals surface area contributed by atoms with Crippen molar-refractivity contribution in [3.8, 4) is 0 Å². The van der Waals surface area contributed by atoms with E-state index < -0.39 is 17.3 Å². The van der Waals surface area contributed by atoms with Crippen molar-refractivity contribution in [3.63, 3.8) is 0 Å². The third-order valence-electron chi connectivity index (χ3n) is 2.92. The number of hydrogen-bond donors (Lipinski definition) is 2. The van der Waals surface area contributed by atoms with Crippen molar-refractivity contribution < 1.29 is 18.3 Å². The SMILES string of the molecule is Cc1ccc(C2(O)CNC2)cc1C(F)(F)F. The quantitative estimate of drug-likeness (QED) is 0.772. The summed E-state index contributed by atoms with van der Waals surface area (Å²) in [4.78, 5) is 0. The number of alkyl halides is 3. The van der Waals surface area contributed by atoms with E-state index >= 15 is 0 Å². The summed E-state index contributed by atoms with van der Waals surface area (Å²) in [7, 11) is 0. The molecule has 2 N–H and O–H groups in total. The van der Waals surface area contributed by atoms with E-state index in [4.69, 9.17) is 0 Å². The Labute approximate surface area is 91.1 Å². The van der Waals surface area contributed by atoms with Gasteiger partial charge >= 0.3 is 6.18 Å².